The van der Waals surface area contributed by atoms with Crippen molar-refractivity contribution in [3.63, 3.8) is 0 Å². The van der Waals surface area contributed by atoms with Crippen molar-refractivity contribution in [2.45, 2.75) is 0 Å². The van der Waals surface area contributed by atoms with Gasteiger partial charge in [-0.05, 0) is 0 Å². The van der Waals surface area contributed by atoms with E-state index in [9.17, 15) is 0 Å². The molecule has 7 heavy (non-hydrogen) atoms. The molecule has 0 amide bonds. The van der Waals surface area contributed by atoms with Crippen LogP contribution in [0.5, 0.6) is 0 Å². The van der Waals surface area contributed by atoms with Crippen molar-refractivity contribution < 1.29 is 70.7 Å². The van der Waals surface area contributed by atoms with Crippen LogP contribution in [-0.4, -0.2) is 5.48 Å². The third-order valence-electron chi connectivity index (χ3n) is 0. The predicted octanol–water partition coefficient (Wildman–Crippen LogP) is -9.51. The summed E-state index contributed by atoms with van der Waals surface area (Å²) in [6.07, 6.45) is 0. The van der Waals surface area contributed by atoms with Gasteiger partial charge in [-0.1, -0.05) is 0 Å². The van der Waals surface area contributed by atoms with Gasteiger partial charge in [0.2, 0.25) is 0 Å². The van der Waals surface area contributed by atoms with Crippen LogP contribution < -0.4 is 14.1 Å². The SMILES string of the molecule is F.F.O.[Ce+3].[F-].[F-].[F-]. The molecule has 0 aromatic heterocycles. The molecule has 2 N–H and O–H groups in total. The first-order valence-electron chi connectivity index (χ1n) is 0. The fraction of sp³-hybridized carbons (Fsp3) is 0. The molecule has 1 nitrogen and oxygen atoms in total. The van der Waals surface area contributed by atoms with Crippen molar-refractivity contribution >= 4 is 0 Å². The number of halogens is 5. The van der Waals surface area contributed by atoms with Crippen LogP contribution in [-0.2, 0) is 0 Å². The summed E-state index contributed by atoms with van der Waals surface area (Å²) in [5, 5.41) is 0. The Bertz CT molecular complexity index is 8.04. The van der Waals surface area contributed by atoms with E-state index in [1.807, 2.05) is 0 Å². The monoisotopic (exact) mass is 255 g/mol. The summed E-state index contributed by atoms with van der Waals surface area (Å²) in [6, 6.07) is 0. The third-order valence-corrected chi connectivity index (χ3v) is 0. The molecule has 0 atom stereocenters. The summed E-state index contributed by atoms with van der Waals surface area (Å²) >= 11 is 0. The van der Waals surface area contributed by atoms with Gasteiger partial charge in [-0.3, -0.25) is 9.41 Å². The molecule has 0 heterocycles. The zero-order valence-corrected chi connectivity index (χ0v) is 6.09. The molecule has 0 aromatic rings. The second-order valence-electron chi connectivity index (χ2n) is 0. The molecule has 0 saturated heterocycles. The zero-order valence-electron chi connectivity index (χ0n) is 2.95. The van der Waals surface area contributed by atoms with Crippen molar-refractivity contribution in [2.75, 3.05) is 0 Å². The average Bonchev–Trinajstić information content (AvgIpc) is 0. The normalized spacial score (nSPS) is 0. The van der Waals surface area contributed by atoms with Crippen LogP contribution in [0.2, 0.25) is 0 Å². The van der Waals surface area contributed by atoms with Crippen LogP contribution in [0.3, 0.4) is 0 Å². The Morgan fingerprint density at radius 3 is 0.571 bits per heavy atom. The molecule has 0 rings (SSSR count). The molecule has 0 spiro atoms. The molecule has 0 aliphatic carbocycles. The summed E-state index contributed by atoms with van der Waals surface area (Å²) in [5.74, 6) is 0. The van der Waals surface area contributed by atoms with E-state index in [0.29, 0.717) is 0 Å². The standard InChI is InChI=1S/Ce.5FH.H2O/h;5*1H;1H2/q+3;;;;;;/p-3. The van der Waals surface area contributed by atoms with Crippen molar-refractivity contribution in [1.82, 2.24) is 0 Å². The molecule has 7 heteroatoms. The Kier molecular flexibility index (Phi) is 14700. The Labute approximate surface area is 70.4 Å². The number of hydrogen-bond acceptors (Lipinski definition) is 0. The summed E-state index contributed by atoms with van der Waals surface area (Å²) in [5.41, 5.74) is 0. The van der Waals surface area contributed by atoms with E-state index >= 15 is 0 Å². The van der Waals surface area contributed by atoms with E-state index in [2.05, 4.69) is 0 Å². The summed E-state index contributed by atoms with van der Waals surface area (Å²) in [6.45, 7) is 0. The molecular weight excluding hydrogens is 251 g/mol. The van der Waals surface area contributed by atoms with Crippen molar-refractivity contribution in [3.8, 4) is 0 Å². The first kappa shape index (κ1) is 400. The fourth-order valence-corrected chi connectivity index (χ4v) is 0. The van der Waals surface area contributed by atoms with E-state index in [1.54, 1.807) is 0 Å². The van der Waals surface area contributed by atoms with Crippen LogP contribution in [0, 0.1) is 41.7 Å². The largest absolute Gasteiger partial charge is 3.00 e. The van der Waals surface area contributed by atoms with Crippen LogP contribution in [0.1, 0.15) is 0 Å². The minimum atomic E-state index is 0. The maximum atomic E-state index is 0. The summed E-state index contributed by atoms with van der Waals surface area (Å²) < 4.78 is 0. The minimum absolute atomic E-state index is 0. The molecule has 1 radical (unpaired) electrons. The molecule has 0 aliphatic rings. The smallest absolute Gasteiger partial charge is 1.00 e. The maximum absolute atomic E-state index is 0. The van der Waals surface area contributed by atoms with E-state index in [0.717, 1.165) is 0 Å². The summed E-state index contributed by atoms with van der Waals surface area (Å²) in [7, 11) is 0. The number of rotatable bonds is 0. The minimum Gasteiger partial charge on any atom is -1.00 e. The first-order chi connectivity index (χ1) is 0. The first-order valence-corrected chi connectivity index (χ1v) is 0. The van der Waals surface area contributed by atoms with Crippen molar-refractivity contribution in [2.24, 2.45) is 0 Å². The van der Waals surface area contributed by atoms with Crippen LogP contribution in [0.4, 0.5) is 9.41 Å². The van der Waals surface area contributed by atoms with Crippen molar-refractivity contribution in [3.05, 3.63) is 0 Å². The zero-order chi connectivity index (χ0) is 0. The van der Waals surface area contributed by atoms with Gasteiger partial charge in [-0.15, -0.1) is 0 Å². The molecule has 0 bridgehead atoms. The van der Waals surface area contributed by atoms with Crippen molar-refractivity contribution in [1.29, 1.82) is 0 Å². The Hall–Kier alpha value is 0.987. The topological polar surface area (TPSA) is 31.5 Å². The van der Waals surface area contributed by atoms with E-state index < -0.39 is 0 Å². The van der Waals surface area contributed by atoms with Gasteiger partial charge in [0.25, 0.3) is 0 Å². The molecule has 0 fully saturated rings. The summed E-state index contributed by atoms with van der Waals surface area (Å²) in [4.78, 5) is 0. The second kappa shape index (κ2) is 257. The fourth-order valence-electron chi connectivity index (χ4n) is 0. The Balaban J connectivity index is 0. The van der Waals surface area contributed by atoms with E-state index in [-0.39, 0.29) is 70.7 Å². The predicted molar refractivity (Wildman–Crippen MR) is 8.62 cm³/mol. The van der Waals surface area contributed by atoms with Crippen LogP contribution in [0.25, 0.3) is 0 Å². The Morgan fingerprint density at radius 2 is 0.571 bits per heavy atom. The molecule has 0 aromatic carbocycles. The maximum Gasteiger partial charge on any atom is 3.00 e. The molecule has 49 valence electrons. The van der Waals surface area contributed by atoms with E-state index in [4.69, 9.17) is 0 Å². The quantitative estimate of drug-likeness (QED) is 0.385. The van der Waals surface area contributed by atoms with Gasteiger partial charge in [0.1, 0.15) is 0 Å². The molecular formula is H4CeF5O. The molecule has 0 aliphatic heterocycles. The van der Waals surface area contributed by atoms with Gasteiger partial charge in [0, 0.05) is 0 Å². The van der Waals surface area contributed by atoms with E-state index in [1.165, 1.54) is 0 Å². The molecule has 0 unspecified atom stereocenters. The van der Waals surface area contributed by atoms with Gasteiger partial charge in [0.05, 0.1) is 0 Å². The third kappa shape index (κ3) is 178. The van der Waals surface area contributed by atoms with Gasteiger partial charge in [-0.25, -0.2) is 0 Å². The van der Waals surface area contributed by atoms with Gasteiger partial charge < -0.3 is 19.6 Å². The molecule has 0 saturated carbocycles. The van der Waals surface area contributed by atoms with Crippen LogP contribution in [0.15, 0.2) is 0 Å². The van der Waals surface area contributed by atoms with Gasteiger partial charge >= 0.3 is 41.7 Å². The van der Waals surface area contributed by atoms with Crippen LogP contribution >= 0.6 is 0 Å². The second-order valence-corrected chi connectivity index (χ2v) is 0. The van der Waals surface area contributed by atoms with Gasteiger partial charge in [0.15, 0.2) is 0 Å². The Morgan fingerprint density at radius 1 is 0.571 bits per heavy atom. The number of hydrogen-bond donors (Lipinski definition) is 0. The average molecular weight is 255 g/mol. The van der Waals surface area contributed by atoms with Gasteiger partial charge in [-0.2, -0.15) is 0 Å².